The van der Waals surface area contributed by atoms with Crippen LogP contribution in [-0.2, 0) is 0 Å². The molecule has 9 nitrogen and oxygen atoms in total. The van der Waals surface area contributed by atoms with Crippen LogP contribution in [0.5, 0.6) is 0 Å². The van der Waals surface area contributed by atoms with Crippen molar-refractivity contribution in [2.75, 3.05) is 30.3 Å². The Hall–Kier alpha value is -2.43. The van der Waals surface area contributed by atoms with Gasteiger partial charge in [-0.1, -0.05) is 0 Å². The summed E-state index contributed by atoms with van der Waals surface area (Å²) in [7, 11) is 0. The molecule has 0 aliphatic rings. The molecule has 0 aliphatic carbocycles. The summed E-state index contributed by atoms with van der Waals surface area (Å²) in [6, 6.07) is 0. The van der Waals surface area contributed by atoms with Crippen molar-refractivity contribution in [3.63, 3.8) is 0 Å². The maximum atomic E-state index is 12.5. The molecule has 0 amide bonds. The van der Waals surface area contributed by atoms with Gasteiger partial charge in [-0.25, -0.2) is 13.8 Å². The highest BCUT2D eigenvalue weighted by Crippen LogP contribution is 2.12. The molecule has 0 unspecified atom stereocenters. The van der Waals surface area contributed by atoms with Gasteiger partial charge in [-0.05, 0) is 0 Å². The number of aliphatic hydroxyl groups excluding tert-OH is 1. The van der Waals surface area contributed by atoms with Crippen molar-refractivity contribution in [1.82, 2.24) is 29.7 Å². The third-order valence-electron chi connectivity index (χ3n) is 2.26. The van der Waals surface area contributed by atoms with E-state index in [1.807, 2.05) is 0 Å². The molecule has 0 spiro atoms. The van der Waals surface area contributed by atoms with Crippen LogP contribution in [-0.4, -0.2) is 60.9 Å². The lowest BCUT2D eigenvalue weighted by atomic mass is 10.5. The topological polar surface area (TPSA) is 119 Å². The maximum Gasteiger partial charge on any atom is 0.258 e. The van der Waals surface area contributed by atoms with Crippen molar-refractivity contribution in [1.29, 1.82) is 0 Å². The van der Waals surface area contributed by atoms with Gasteiger partial charge in [0.1, 0.15) is 12.7 Å². The predicted molar refractivity (Wildman–Crippen MR) is 64.5 cm³/mol. The van der Waals surface area contributed by atoms with Crippen LogP contribution in [0.25, 0.3) is 5.95 Å². The first-order chi connectivity index (χ1) is 9.60. The smallest absolute Gasteiger partial charge is 0.258 e. The molecule has 0 bridgehead atoms. The summed E-state index contributed by atoms with van der Waals surface area (Å²) in [5, 5.41) is 12.7. The maximum absolute atomic E-state index is 12.5. The predicted octanol–water partition coefficient (Wildman–Crippen LogP) is -0.902. The van der Waals surface area contributed by atoms with Gasteiger partial charge in [-0.3, -0.25) is 0 Å². The Balaban J connectivity index is 2.34. The van der Waals surface area contributed by atoms with Gasteiger partial charge in [0.05, 0.1) is 13.2 Å². The fourth-order valence-corrected chi connectivity index (χ4v) is 1.48. The molecule has 20 heavy (non-hydrogen) atoms. The highest BCUT2D eigenvalue weighted by atomic mass is 19.3. The van der Waals surface area contributed by atoms with Crippen LogP contribution in [0.1, 0.15) is 0 Å². The molecular weight excluding hydrogens is 274 g/mol. The van der Waals surface area contributed by atoms with E-state index >= 15 is 0 Å². The number of alkyl halides is 2. The Morgan fingerprint density at radius 1 is 1.35 bits per heavy atom. The summed E-state index contributed by atoms with van der Waals surface area (Å²) < 4.78 is 26.3. The minimum absolute atomic E-state index is 0.0510. The van der Waals surface area contributed by atoms with Crippen molar-refractivity contribution >= 4 is 11.9 Å². The molecule has 0 saturated carbocycles. The number of rotatable bonds is 6. The Bertz CT molecular complexity index is 549. The van der Waals surface area contributed by atoms with E-state index in [0.717, 1.165) is 4.90 Å². The zero-order valence-electron chi connectivity index (χ0n) is 10.3. The zero-order chi connectivity index (χ0) is 14.5. The van der Waals surface area contributed by atoms with Crippen molar-refractivity contribution in [3.05, 3.63) is 12.7 Å². The molecule has 0 aliphatic heterocycles. The van der Waals surface area contributed by atoms with Gasteiger partial charge in [0.15, 0.2) is 0 Å². The molecule has 108 valence electrons. The number of anilines is 2. The van der Waals surface area contributed by atoms with E-state index in [1.54, 1.807) is 0 Å². The molecule has 0 aromatic carbocycles. The second-order valence-corrected chi connectivity index (χ2v) is 3.69. The Morgan fingerprint density at radius 2 is 2.15 bits per heavy atom. The van der Waals surface area contributed by atoms with Gasteiger partial charge in [0.2, 0.25) is 11.9 Å². The zero-order valence-corrected chi connectivity index (χ0v) is 10.3. The van der Waals surface area contributed by atoms with Crippen molar-refractivity contribution in [2.24, 2.45) is 0 Å². The summed E-state index contributed by atoms with van der Waals surface area (Å²) in [6.45, 7) is -0.998. The van der Waals surface area contributed by atoms with E-state index < -0.39 is 13.0 Å². The van der Waals surface area contributed by atoms with E-state index in [-0.39, 0.29) is 31.0 Å². The Morgan fingerprint density at radius 3 is 2.75 bits per heavy atom. The molecule has 2 heterocycles. The molecular formula is C9H12F2N8O. The van der Waals surface area contributed by atoms with Crippen molar-refractivity contribution in [2.45, 2.75) is 6.43 Å². The first-order valence-electron chi connectivity index (χ1n) is 5.60. The highest BCUT2D eigenvalue weighted by Gasteiger charge is 2.17. The molecule has 0 fully saturated rings. The second-order valence-electron chi connectivity index (χ2n) is 3.69. The Labute approximate surface area is 112 Å². The number of nitrogen functional groups attached to an aromatic ring is 1. The van der Waals surface area contributed by atoms with Crippen LogP contribution in [0.4, 0.5) is 20.7 Å². The van der Waals surface area contributed by atoms with Gasteiger partial charge in [-0.2, -0.15) is 24.7 Å². The van der Waals surface area contributed by atoms with Gasteiger partial charge >= 0.3 is 0 Å². The average molecular weight is 286 g/mol. The minimum atomic E-state index is -2.60. The van der Waals surface area contributed by atoms with Gasteiger partial charge in [0.25, 0.3) is 12.4 Å². The van der Waals surface area contributed by atoms with Gasteiger partial charge in [0, 0.05) is 6.54 Å². The van der Waals surface area contributed by atoms with Gasteiger partial charge in [-0.15, -0.1) is 0 Å². The quantitative estimate of drug-likeness (QED) is 0.701. The van der Waals surface area contributed by atoms with E-state index in [1.165, 1.54) is 17.3 Å². The first kappa shape index (κ1) is 14.0. The van der Waals surface area contributed by atoms with Crippen LogP contribution in [0.3, 0.4) is 0 Å². The van der Waals surface area contributed by atoms with Crippen LogP contribution in [0.2, 0.25) is 0 Å². The van der Waals surface area contributed by atoms with Crippen LogP contribution in [0.15, 0.2) is 12.7 Å². The molecule has 0 saturated heterocycles. The van der Waals surface area contributed by atoms with Crippen molar-refractivity contribution in [3.8, 4) is 5.95 Å². The highest BCUT2D eigenvalue weighted by molar-refractivity contribution is 5.37. The SMILES string of the molecule is Nc1nc(N(CCO)CC(F)F)nc(-n2cncn2)n1. The van der Waals surface area contributed by atoms with Crippen molar-refractivity contribution < 1.29 is 13.9 Å². The standard InChI is InChI=1S/C9H12F2N8O/c10-6(11)3-18(1-2-20)8-15-7(12)16-9(17-8)19-5-13-4-14-19/h4-6,20H,1-3H2,(H2,12,15,16,17). The first-order valence-corrected chi connectivity index (χ1v) is 5.60. The number of aromatic nitrogens is 6. The summed E-state index contributed by atoms with van der Waals surface area (Å²) in [5.41, 5.74) is 5.53. The Kier molecular flexibility index (Phi) is 4.30. The van der Waals surface area contributed by atoms with E-state index in [9.17, 15) is 8.78 Å². The minimum Gasteiger partial charge on any atom is -0.395 e. The molecule has 2 aromatic rings. The molecule has 3 N–H and O–H groups in total. The van der Waals surface area contributed by atoms with Crippen LogP contribution in [0, 0.1) is 0 Å². The lowest BCUT2D eigenvalue weighted by molar-refractivity contribution is 0.152. The summed E-state index contributed by atoms with van der Waals surface area (Å²) in [5.74, 6) is -0.141. The third kappa shape index (κ3) is 3.32. The molecule has 0 atom stereocenters. The molecule has 2 rings (SSSR count). The number of halogens is 2. The number of aliphatic hydroxyl groups is 1. The fraction of sp³-hybridized carbons (Fsp3) is 0.444. The van der Waals surface area contributed by atoms with Gasteiger partial charge < -0.3 is 15.7 Å². The summed E-state index contributed by atoms with van der Waals surface area (Å²) >= 11 is 0. The molecule has 0 radical (unpaired) electrons. The fourth-order valence-electron chi connectivity index (χ4n) is 1.48. The number of nitrogens with two attached hydrogens (primary N) is 1. The van der Waals surface area contributed by atoms with E-state index in [2.05, 4.69) is 25.0 Å². The summed E-state index contributed by atoms with van der Waals surface area (Å²) in [6.07, 6.45) is 0.00108. The van der Waals surface area contributed by atoms with Crippen LogP contribution < -0.4 is 10.6 Å². The third-order valence-corrected chi connectivity index (χ3v) is 2.26. The van der Waals surface area contributed by atoms with Crippen LogP contribution >= 0.6 is 0 Å². The monoisotopic (exact) mass is 286 g/mol. The van der Waals surface area contributed by atoms with E-state index in [0.29, 0.717) is 0 Å². The number of nitrogens with zero attached hydrogens (tertiary/aromatic N) is 7. The lowest BCUT2D eigenvalue weighted by Gasteiger charge is -2.21. The largest absolute Gasteiger partial charge is 0.395 e. The summed E-state index contributed by atoms with van der Waals surface area (Å²) in [4.78, 5) is 16.5. The second kappa shape index (κ2) is 6.14. The lowest BCUT2D eigenvalue weighted by Crippen LogP contribution is -2.33. The average Bonchev–Trinajstić information content (AvgIpc) is 2.91. The molecule has 2 aromatic heterocycles. The number of hydrogen-bond donors (Lipinski definition) is 2. The van der Waals surface area contributed by atoms with E-state index in [4.69, 9.17) is 10.8 Å². The molecule has 11 heteroatoms. The number of hydrogen-bond acceptors (Lipinski definition) is 8. The normalized spacial score (nSPS) is 11.0.